The number of primary amides is 1. The second kappa shape index (κ2) is 11.1. The lowest BCUT2D eigenvalue weighted by molar-refractivity contribution is -0.126. The monoisotopic (exact) mass is 425 g/mol. The van der Waals surface area contributed by atoms with Crippen LogP contribution < -0.4 is 16.8 Å². The maximum Gasteiger partial charge on any atom is 0.270 e. The lowest BCUT2D eigenvalue weighted by atomic mass is 10.1. The number of nitrogens with two attached hydrogens (primary N) is 2. The zero-order valence-electron chi connectivity index (χ0n) is 16.9. The first-order valence-electron chi connectivity index (χ1n) is 10.2. The van der Waals surface area contributed by atoms with Crippen molar-refractivity contribution < 1.29 is 19.5 Å². The number of carbonyl (C=O) groups is 3. The summed E-state index contributed by atoms with van der Waals surface area (Å²) in [6.07, 6.45) is 6.55. The van der Waals surface area contributed by atoms with Crippen LogP contribution in [0, 0.1) is 0 Å². The zero-order valence-corrected chi connectivity index (χ0v) is 17.7. The van der Waals surface area contributed by atoms with E-state index in [1.54, 1.807) is 0 Å². The number of amides is 3. The van der Waals surface area contributed by atoms with Gasteiger partial charge in [0.15, 0.2) is 5.69 Å². The molecule has 0 aromatic carbocycles. The maximum absolute atomic E-state index is 13.3. The second-order valence-electron chi connectivity index (χ2n) is 7.36. The molecule has 3 amide bonds. The number of aliphatic hydroxyl groups excluding tert-OH is 1. The number of aromatic nitrogens is 1. The number of aliphatic hydroxyl groups is 1. The molecule has 1 aromatic rings. The first-order chi connectivity index (χ1) is 13.9. The number of anilines is 1. The molecule has 1 atom stereocenters. The summed E-state index contributed by atoms with van der Waals surface area (Å²) in [4.78, 5) is 39.3. The molecule has 0 bridgehead atoms. The fourth-order valence-corrected chi connectivity index (χ4v) is 4.35. The standard InChI is InChI=1S/C19H31N5O4S/c1-2-3-9-13(18(27)22-12-7-4-5-8-12)24(10-6-11-25)19(28)16-14(20)15(17(21)26)23-29-16/h12-13,25H,2-11,20H2,1H3,(H2,21,26)(H,22,27). The highest BCUT2D eigenvalue weighted by atomic mass is 32.1. The van der Waals surface area contributed by atoms with Crippen LogP contribution in [-0.4, -0.2) is 57.3 Å². The van der Waals surface area contributed by atoms with Crippen molar-refractivity contribution in [2.24, 2.45) is 5.73 Å². The van der Waals surface area contributed by atoms with E-state index < -0.39 is 17.9 Å². The van der Waals surface area contributed by atoms with Crippen LogP contribution in [0.5, 0.6) is 0 Å². The van der Waals surface area contributed by atoms with Crippen molar-refractivity contribution in [3.05, 3.63) is 10.6 Å². The number of nitrogens with one attached hydrogen (secondary N) is 1. The van der Waals surface area contributed by atoms with Crippen molar-refractivity contribution in [1.29, 1.82) is 0 Å². The molecule has 10 heteroatoms. The number of hydrogen-bond donors (Lipinski definition) is 4. The Morgan fingerprint density at radius 3 is 2.55 bits per heavy atom. The molecule has 1 fully saturated rings. The lowest BCUT2D eigenvalue weighted by Crippen LogP contribution is -2.52. The Kier molecular flexibility index (Phi) is 8.84. The smallest absolute Gasteiger partial charge is 0.270 e. The Labute approximate surface area is 175 Å². The molecule has 1 saturated carbocycles. The summed E-state index contributed by atoms with van der Waals surface area (Å²) in [6.45, 7) is 2.11. The predicted octanol–water partition coefficient (Wildman–Crippen LogP) is 1.27. The van der Waals surface area contributed by atoms with Crippen LogP contribution in [0.15, 0.2) is 0 Å². The average Bonchev–Trinajstić information content (AvgIpc) is 3.33. The summed E-state index contributed by atoms with van der Waals surface area (Å²) in [5, 5.41) is 12.4. The Morgan fingerprint density at radius 2 is 2.00 bits per heavy atom. The van der Waals surface area contributed by atoms with E-state index in [4.69, 9.17) is 11.5 Å². The summed E-state index contributed by atoms with van der Waals surface area (Å²) in [7, 11) is 0. The molecule has 1 aliphatic carbocycles. The zero-order chi connectivity index (χ0) is 21.4. The molecule has 162 valence electrons. The highest BCUT2D eigenvalue weighted by Gasteiger charge is 2.34. The third-order valence-corrected chi connectivity index (χ3v) is 6.04. The van der Waals surface area contributed by atoms with Gasteiger partial charge >= 0.3 is 0 Å². The van der Waals surface area contributed by atoms with E-state index in [9.17, 15) is 19.5 Å². The van der Waals surface area contributed by atoms with E-state index in [1.807, 2.05) is 6.92 Å². The van der Waals surface area contributed by atoms with Crippen molar-refractivity contribution in [1.82, 2.24) is 14.6 Å². The Hall–Kier alpha value is -2.20. The molecule has 1 heterocycles. The maximum atomic E-state index is 13.3. The minimum absolute atomic E-state index is 0.0630. The Bertz CT molecular complexity index is 717. The van der Waals surface area contributed by atoms with Crippen LogP contribution >= 0.6 is 11.5 Å². The number of carbonyl (C=O) groups excluding carboxylic acids is 3. The first-order valence-corrected chi connectivity index (χ1v) is 10.9. The van der Waals surface area contributed by atoms with Crippen LogP contribution in [0.25, 0.3) is 0 Å². The van der Waals surface area contributed by atoms with Crippen molar-refractivity contribution in [2.45, 2.75) is 70.4 Å². The molecule has 0 aliphatic heterocycles. The summed E-state index contributed by atoms with van der Waals surface area (Å²) >= 11 is 0.799. The van der Waals surface area contributed by atoms with Crippen LogP contribution in [0.4, 0.5) is 5.69 Å². The molecule has 1 aromatic heterocycles. The number of nitrogens with zero attached hydrogens (tertiary/aromatic N) is 2. The second-order valence-corrected chi connectivity index (χ2v) is 8.14. The van der Waals surface area contributed by atoms with Gasteiger partial charge in [-0.1, -0.05) is 32.6 Å². The number of hydrogen-bond acceptors (Lipinski definition) is 7. The number of unbranched alkanes of at least 4 members (excludes halogenated alkanes) is 1. The largest absolute Gasteiger partial charge is 0.396 e. The summed E-state index contributed by atoms with van der Waals surface area (Å²) < 4.78 is 3.89. The summed E-state index contributed by atoms with van der Waals surface area (Å²) in [5.74, 6) is -1.46. The van der Waals surface area contributed by atoms with Crippen molar-refractivity contribution >= 4 is 34.9 Å². The third kappa shape index (κ3) is 5.89. The molecule has 9 nitrogen and oxygen atoms in total. The highest BCUT2D eigenvalue weighted by molar-refractivity contribution is 7.09. The fourth-order valence-electron chi connectivity index (χ4n) is 3.59. The van der Waals surface area contributed by atoms with E-state index in [2.05, 4.69) is 9.69 Å². The minimum atomic E-state index is -0.804. The molecular formula is C19H31N5O4S. The normalized spacial score (nSPS) is 15.2. The number of nitrogen functional groups attached to an aromatic ring is 1. The minimum Gasteiger partial charge on any atom is -0.396 e. The van der Waals surface area contributed by atoms with Gasteiger partial charge in [0.2, 0.25) is 5.91 Å². The van der Waals surface area contributed by atoms with Crippen molar-refractivity contribution in [3.8, 4) is 0 Å². The van der Waals surface area contributed by atoms with E-state index in [0.717, 1.165) is 50.1 Å². The highest BCUT2D eigenvalue weighted by Crippen LogP contribution is 2.26. The van der Waals surface area contributed by atoms with Gasteiger partial charge in [0.05, 0.1) is 5.69 Å². The topological polar surface area (TPSA) is 152 Å². The van der Waals surface area contributed by atoms with Crippen LogP contribution in [0.3, 0.4) is 0 Å². The van der Waals surface area contributed by atoms with Crippen LogP contribution in [0.2, 0.25) is 0 Å². The van der Waals surface area contributed by atoms with E-state index >= 15 is 0 Å². The van der Waals surface area contributed by atoms with E-state index in [0.29, 0.717) is 12.8 Å². The molecule has 2 rings (SSSR count). The molecular weight excluding hydrogens is 394 g/mol. The van der Waals surface area contributed by atoms with E-state index in [-0.39, 0.29) is 41.4 Å². The van der Waals surface area contributed by atoms with Gasteiger partial charge in [0, 0.05) is 19.2 Å². The van der Waals surface area contributed by atoms with Gasteiger partial charge < -0.3 is 26.8 Å². The molecule has 0 radical (unpaired) electrons. The molecule has 0 spiro atoms. The van der Waals surface area contributed by atoms with Gasteiger partial charge in [-0.05, 0) is 37.2 Å². The molecule has 29 heavy (non-hydrogen) atoms. The van der Waals surface area contributed by atoms with Gasteiger partial charge in [-0.2, -0.15) is 4.37 Å². The van der Waals surface area contributed by atoms with E-state index in [1.165, 1.54) is 4.90 Å². The van der Waals surface area contributed by atoms with Crippen molar-refractivity contribution in [3.63, 3.8) is 0 Å². The fraction of sp³-hybridized carbons (Fsp3) is 0.684. The van der Waals surface area contributed by atoms with Gasteiger partial charge in [-0.3, -0.25) is 14.4 Å². The molecule has 0 saturated heterocycles. The molecule has 6 N–H and O–H groups in total. The molecule has 1 aliphatic rings. The third-order valence-electron chi connectivity index (χ3n) is 5.19. The number of rotatable bonds is 11. The Morgan fingerprint density at radius 1 is 1.31 bits per heavy atom. The quantitative estimate of drug-likeness (QED) is 0.419. The predicted molar refractivity (Wildman–Crippen MR) is 111 cm³/mol. The van der Waals surface area contributed by atoms with Crippen LogP contribution in [0.1, 0.15) is 78.5 Å². The SMILES string of the molecule is CCCCC(C(=O)NC1CCCC1)N(CCCO)C(=O)c1snc(C(N)=O)c1N. The Balaban J connectivity index is 2.29. The van der Waals surface area contributed by atoms with Gasteiger partial charge in [0.1, 0.15) is 10.9 Å². The van der Waals surface area contributed by atoms with Gasteiger partial charge in [-0.15, -0.1) is 0 Å². The molecule has 1 unspecified atom stereocenters. The summed E-state index contributed by atoms with van der Waals surface area (Å²) in [6, 6.07) is -0.538. The van der Waals surface area contributed by atoms with Gasteiger partial charge in [-0.25, -0.2) is 0 Å². The average molecular weight is 426 g/mol. The van der Waals surface area contributed by atoms with Crippen LogP contribution in [-0.2, 0) is 4.79 Å². The lowest BCUT2D eigenvalue weighted by Gasteiger charge is -2.31. The summed E-state index contributed by atoms with van der Waals surface area (Å²) in [5.41, 5.74) is 11.0. The van der Waals surface area contributed by atoms with Crippen molar-refractivity contribution in [2.75, 3.05) is 18.9 Å². The van der Waals surface area contributed by atoms with Gasteiger partial charge in [0.25, 0.3) is 11.8 Å². The first kappa shape index (κ1) is 23.1.